The van der Waals surface area contributed by atoms with Crippen LogP contribution in [0.4, 0.5) is 0 Å². The molecule has 1 atom stereocenters. The normalized spacial score (nSPS) is 16.2. The van der Waals surface area contributed by atoms with Crippen molar-refractivity contribution in [2.45, 2.75) is 37.2 Å². The molecule has 7 heteroatoms. The van der Waals surface area contributed by atoms with Gasteiger partial charge < -0.3 is 9.73 Å². The van der Waals surface area contributed by atoms with Gasteiger partial charge in [0.05, 0.1) is 10.9 Å². The van der Waals surface area contributed by atoms with Gasteiger partial charge in [-0.1, -0.05) is 6.07 Å². The molecule has 0 fully saturated rings. The van der Waals surface area contributed by atoms with Gasteiger partial charge in [-0.15, -0.1) is 0 Å². The van der Waals surface area contributed by atoms with Crippen LogP contribution in [-0.2, 0) is 23.0 Å². The van der Waals surface area contributed by atoms with Gasteiger partial charge in [0.25, 0.3) is 0 Å². The summed E-state index contributed by atoms with van der Waals surface area (Å²) in [5, 5.41) is 4.20. The Labute approximate surface area is 152 Å². The first kappa shape index (κ1) is 17.2. The topological polar surface area (TPSA) is 84.2 Å². The van der Waals surface area contributed by atoms with Crippen molar-refractivity contribution in [3.05, 3.63) is 59.6 Å². The van der Waals surface area contributed by atoms with Crippen molar-refractivity contribution in [1.82, 2.24) is 15.0 Å². The highest BCUT2D eigenvalue weighted by Gasteiger charge is 2.22. The largest absolute Gasteiger partial charge is 0.459 e. The summed E-state index contributed by atoms with van der Waals surface area (Å²) in [6, 6.07) is 8.47. The molecule has 0 amide bonds. The molecule has 6 nitrogen and oxygen atoms in total. The van der Waals surface area contributed by atoms with Crippen LogP contribution in [0.3, 0.4) is 0 Å². The van der Waals surface area contributed by atoms with Crippen molar-refractivity contribution in [2.75, 3.05) is 6.54 Å². The zero-order chi connectivity index (χ0) is 18.1. The van der Waals surface area contributed by atoms with Gasteiger partial charge in [0.15, 0.2) is 0 Å². The van der Waals surface area contributed by atoms with E-state index >= 15 is 0 Å². The van der Waals surface area contributed by atoms with E-state index in [1.54, 1.807) is 37.5 Å². The number of sulfonamides is 1. The van der Waals surface area contributed by atoms with E-state index in [0.29, 0.717) is 16.2 Å². The van der Waals surface area contributed by atoms with Crippen molar-refractivity contribution in [3.63, 3.8) is 0 Å². The molecular formula is C19H21N3O3S. The maximum absolute atomic E-state index is 12.8. The number of hydrogen-bond acceptors (Lipinski definition) is 5. The van der Waals surface area contributed by atoms with E-state index in [-0.39, 0.29) is 0 Å². The van der Waals surface area contributed by atoms with Gasteiger partial charge in [0.1, 0.15) is 11.3 Å². The van der Waals surface area contributed by atoms with Crippen molar-refractivity contribution in [1.29, 1.82) is 0 Å². The Morgan fingerprint density at radius 2 is 2.12 bits per heavy atom. The molecule has 2 aromatic heterocycles. The van der Waals surface area contributed by atoms with Gasteiger partial charge in [0.2, 0.25) is 10.0 Å². The van der Waals surface area contributed by atoms with Gasteiger partial charge >= 0.3 is 0 Å². The number of aryl methyl sites for hydroxylation is 1. The van der Waals surface area contributed by atoms with Crippen LogP contribution >= 0.6 is 0 Å². The molecule has 0 radical (unpaired) electrons. The van der Waals surface area contributed by atoms with Crippen molar-refractivity contribution in [3.8, 4) is 0 Å². The fourth-order valence-electron chi connectivity index (χ4n) is 3.28. The second-order valence-electron chi connectivity index (χ2n) is 6.62. The van der Waals surface area contributed by atoms with E-state index in [4.69, 9.17) is 4.42 Å². The number of nitrogens with one attached hydrogen (secondary N) is 2. The Balaban J connectivity index is 1.59. The number of pyridine rings is 1. The van der Waals surface area contributed by atoms with Gasteiger partial charge in [-0.05, 0) is 61.7 Å². The van der Waals surface area contributed by atoms with E-state index in [2.05, 4.69) is 15.0 Å². The molecule has 3 aromatic rings. The monoisotopic (exact) mass is 371 g/mol. The van der Waals surface area contributed by atoms with Crippen LogP contribution < -0.4 is 10.0 Å². The molecule has 0 saturated heterocycles. The lowest BCUT2D eigenvalue weighted by molar-refractivity contribution is 0.484. The SMILES string of the molecule is CC(NS(=O)(=O)c1ccc2c(c1)CCCNC2)c1cc2cnccc2o1. The minimum atomic E-state index is -3.64. The number of nitrogens with zero attached hydrogens (tertiary/aromatic N) is 1. The number of benzene rings is 1. The molecule has 0 bridgehead atoms. The standard InChI is InChI=1S/C19H21N3O3S/c1-13(19-10-16-12-21-8-6-18(16)25-19)22-26(23,24)17-5-4-15-11-20-7-2-3-14(15)9-17/h4-6,8-10,12-13,20,22H,2-3,7,11H2,1H3. The molecule has 3 heterocycles. The summed E-state index contributed by atoms with van der Waals surface area (Å²) in [5.41, 5.74) is 2.96. The minimum absolute atomic E-state index is 0.294. The second-order valence-corrected chi connectivity index (χ2v) is 8.33. The van der Waals surface area contributed by atoms with Gasteiger partial charge in [-0.2, -0.15) is 0 Å². The fourth-order valence-corrected chi connectivity index (χ4v) is 4.54. The summed E-state index contributed by atoms with van der Waals surface area (Å²) >= 11 is 0. The van der Waals surface area contributed by atoms with E-state index in [0.717, 1.165) is 36.9 Å². The Morgan fingerprint density at radius 3 is 2.96 bits per heavy atom. The van der Waals surface area contributed by atoms with Crippen molar-refractivity contribution in [2.24, 2.45) is 0 Å². The average molecular weight is 371 g/mol. The fraction of sp³-hybridized carbons (Fsp3) is 0.316. The van der Waals surface area contributed by atoms with Gasteiger partial charge in [0, 0.05) is 24.3 Å². The first-order valence-electron chi connectivity index (χ1n) is 8.71. The van der Waals surface area contributed by atoms with Crippen LogP contribution in [0.5, 0.6) is 0 Å². The zero-order valence-corrected chi connectivity index (χ0v) is 15.3. The quantitative estimate of drug-likeness (QED) is 0.737. The Kier molecular flexibility index (Phi) is 4.52. The lowest BCUT2D eigenvalue weighted by Gasteiger charge is -2.14. The molecule has 0 saturated carbocycles. The molecule has 136 valence electrons. The van der Waals surface area contributed by atoms with E-state index < -0.39 is 16.1 Å². The number of aromatic nitrogens is 1. The summed E-state index contributed by atoms with van der Waals surface area (Å²) < 4.78 is 34.1. The summed E-state index contributed by atoms with van der Waals surface area (Å²) in [6.07, 6.45) is 5.24. The smallest absolute Gasteiger partial charge is 0.241 e. The Bertz CT molecular complexity index is 1010. The van der Waals surface area contributed by atoms with Crippen molar-refractivity contribution >= 4 is 21.0 Å². The minimum Gasteiger partial charge on any atom is -0.459 e. The summed E-state index contributed by atoms with van der Waals surface area (Å²) in [4.78, 5) is 4.35. The highest BCUT2D eigenvalue weighted by molar-refractivity contribution is 7.89. The van der Waals surface area contributed by atoms with E-state index in [1.807, 2.05) is 12.1 Å². The summed E-state index contributed by atoms with van der Waals surface area (Å²) in [6.45, 7) is 3.51. The highest BCUT2D eigenvalue weighted by Crippen LogP contribution is 2.25. The summed E-state index contributed by atoms with van der Waals surface area (Å²) in [7, 11) is -3.64. The van der Waals surface area contributed by atoms with Crippen LogP contribution in [0, 0.1) is 0 Å². The third-order valence-electron chi connectivity index (χ3n) is 4.70. The van der Waals surface area contributed by atoms with Crippen LogP contribution in [0.25, 0.3) is 11.0 Å². The van der Waals surface area contributed by atoms with Gasteiger partial charge in [-0.3, -0.25) is 4.98 Å². The lowest BCUT2D eigenvalue weighted by Crippen LogP contribution is -2.26. The number of rotatable bonds is 4. The first-order chi connectivity index (χ1) is 12.5. The maximum Gasteiger partial charge on any atom is 0.241 e. The van der Waals surface area contributed by atoms with E-state index in [9.17, 15) is 8.42 Å². The average Bonchev–Trinajstić information content (AvgIpc) is 2.92. The molecule has 26 heavy (non-hydrogen) atoms. The first-order valence-corrected chi connectivity index (χ1v) is 10.2. The van der Waals surface area contributed by atoms with E-state index in [1.165, 1.54) is 5.56 Å². The van der Waals surface area contributed by atoms with Crippen LogP contribution in [0.15, 0.2) is 52.0 Å². The Morgan fingerprint density at radius 1 is 1.23 bits per heavy atom. The lowest BCUT2D eigenvalue weighted by atomic mass is 10.0. The molecule has 1 aliphatic rings. The Hall–Kier alpha value is -2.22. The number of hydrogen-bond donors (Lipinski definition) is 2. The number of fused-ring (bicyclic) bond motifs is 2. The van der Waals surface area contributed by atoms with Gasteiger partial charge in [-0.25, -0.2) is 13.1 Å². The molecule has 4 rings (SSSR count). The molecule has 0 spiro atoms. The predicted octanol–water partition coefficient (Wildman–Crippen LogP) is 2.90. The number of furan rings is 1. The molecule has 1 unspecified atom stereocenters. The predicted molar refractivity (Wildman–Crippen MR) is 99.2 cm³/mol. The highest BCUT2D eigenvalue weighted by atomic mass is 32.2. The zero-order valence-electron chi connectivity index (χ0n) is 14.5. The maximum atomic E-state index is 12.8. The van der Waals surface area contributed by atoms with Crippen molar-refractivity contribution < 1.29 is 12.8 Å². The molecule has 1 aromatic carbocycles. The summed E-state index contributed by atoms with van der Waals surface area (Å²) in [5.74, 6) is 0.565. The molecule has 2 N–H and O–H groups in total. The molecule has 1 aliphatic heterocycles. The molecular weight excluding hydrogens is 350 g/mol. The van der Waals surface area contributed by atoms with Crippen LogP contribution in [-0.4, -0.2) is 19.9 Å². The van der Waals surface area contributed by atoms with Crippen LogP contribution in [0.2, 0.25) is 0 Å². The van der Waals surface area contributed by atoms with Crippen LogP contribution in [0.1, 0.15) is 36.3 Å². The third-order valence-corrected chi connectivity index (χ3v) is 6.24. The molecule has 0 aliphatic carbocycles. The second kappa shape index (κ2) is 6.83. The third kappa shape index (κ3) is 3.38.